The number of thiophene rings is 1. The third-order valence-electron chi connectivity index (χ3n) is 4.31. The first-order valence-electron chi connectivity index (χ1n) is 7.02. The fourth-order valence-electron chi connectivity index (χ4n) is 3.19. The quantitative estimate of drug-likeness (QED) is 0.799. The van der Waals surface area contributed by atoms with Crippen LogP contribution in [-0.4, -0.2) is 37.1 Å². The van der Waals surface area contributed by atoms with E-state index >= 15 is 0 Å². The fraction of sp³-hybridized carbons (Fsp3) is 0.643. The van der Waals surface area contributed by atoms with E-state index in [1.165, 1.54) is 11.3 Å². The van der Waals surface area contributed by atoms with Gasteiger partial charge in [0.2, 0.25) is 0 Å². The molecule has 0 radical (unpaired) electrons. The van der Waals surface area contributed by atoms with E-state index in [2.05, 4.69) is 13.8 Å². The molecule has 1 amide bonds. The van der Waals surface area contributed by atoms with Crippen LogP contribution in [0.5, 0.6) is 0 Å². The lowest BCUT2D eigenvalue weighted by atomic mass is 10.2. The molecule has 0 bridgehead atoms. The Morgan fingerprint density at radius 3 is 2.60 bits per heavy atom. The van der Waals surface area contributed by atoms with Crippen LogP contribution < -0.4 is 0 Å². The summed E-state index contributed by atoms with van der Waals surface area (Å²) in [6.07, 6.45) is 2.65. The first kappa shape index (κ1) is 14.1. The van der Waals surface area contributed by atoms with Crippen molar-refractivity contribution in [3.63, 3.8) is 0 Å². The highest BCUT2D eigenvalue weighted by Gasteiger charge is 2.34. The van der Waals surface area contributed by atoms with Gasteiger partial charge in [0.1, 0.15) is 0 Å². The minimum atomic E-state index is -2.97. The van der Waals surface area contributed by atoms with Crippen LogP contribution in [0.15, 0.2) is 6.07 Å². The van der Waals surface area contributed by atoms with Gasteiger partial charge in [-0.2, -0.15) is 0 Å². The molecule has 0 aromatic carbocycles. The van der Waals surface area contributed by atoms with Gasteiger partial charge >= 0.3 is 0 Å². The number of carbonyl (C=O) groups excluding carboxylic acids is 1. The molecule has 0 spiro atoms. The zero-order valence-corrected chi connectivity index (χ0v) is 13.4. The monoisotopic (exact) mass is 313 g/mol. The Morgan fingerprint density at radius 1 is 1.30 bits per heavy atom. The number of fused-ring (bicyclic) bond motifs is 1. The van der Waals surface area contributed by atoms with Crippen LogP contribution in [0, 0.1) is 0 Å². The van der Waals surface area contributed by atoms with Gasteiger partial charge in [0.15, 0.2) is 9.84 Å². The van der Waals surface area contributed by atoms with Gasteiger partial charge in [-0.25, -0.2) is 8.42 Å². The van der Waals surface area contributed by atoms with Crippen LogP contribution in [0.2, 0.25) is 0 Å². The van der Waals surface area contributed by atoms with Crippen molar-refractivity contribution in [3.8, 4) is 0 Å². The van der Waals surface area contributed by atoms with Gasteiger partial charge in [-0.15, -0.1) is 11.3 Å². The second-order valence-corrected chi connectivity index (χ2v) is 9.21. The summed E-state index contributed by atoms with van der Waals surface area (Å²) in [7, 11) is -2.97. The average Bonchev–Trinajstić information content (AvgIpc) is 2.91. The van der Waals surface area contributed by atoms with E-state index in [1.54, 1.807) is 6.07 Å². The summed E-state index contributed by atoms with van der Waals surface area (Å²) < 4.78 is 23.3. The smallest absolute Gasteiger partial charge is 0.264 e. The van der Waals surface area contributed by atoms with Crippen LogP contribution in [0.4, 0.5) is 0 Å². The highest BCUT2D eigenvalue weighted by molar-refractivity contribution is 7.90. The summed E-state index contributed by atoms with van der Waals surface area (Å²) in [4.78, 5) is 16.4. The number of carbonyl (C=O) groups is 1. The molecule has 0 aliphatic carbocycles. The fourth-order valence-corrected chi connectivity index (χ4v) is 5.92. The van der Waals surface area contributed by atoms with Crippen molar-refractivity contribution in [2.75, 3.05) is 5.75 Å². The first-order valence-corrected chi connectivity index (χ1v) is 9.66. The molecule has 6 heteroatoms. The van der Waals surface area contributed by atoms with E-state index in [0.29, 0.717) is 11.3 Å². The third kappa shape index (κ3) is 2.39. The normalized spacial score (nSPS) is 28.4. The largest absolute Gasteiger partial charge is 0.333 e. The van der Waals surface area contributed by atoms with E-state index in [0.717, 1.165) is 23.3 Å². The Hall–Kier alpha value is -0.880. The van der Waals surface area contributed by atoms with E-state index in [-0.39, 0.29) is 29.5 Å². The molecule has 0 N–H and O–H groups in total. The van der Waals surface area contributed by atoms with Gasteiger partial charge in [-0.05, 0) is 44.7 Å². The molecule has 3 heterocycles. The molecule has 3 rings (SSSR count). The van der Waals surface area contributed by atoms with Crippen molar-refractivity contribution in [1.82, 2.24) is 4.90 Å². The second-order valence-electron chi connectivity index (χ2n) is 5.89. The van der Waals surface area contributed by atoms with Crippen molar-refractivity contribution in [2.45, 2.75) is 50.9 Å². The summed E-state index contributed by atoms with van der Waals surface area (Å²) in [5, 5.41) is 0. The van der Waals surface area contributed by atoms with E-state index in [1.807, 2.05) is 4.90 Å². The second kappa shape index (κ2) is 4.84. The summed E-state index contributed by atoms with van der Waals surface area (Å²) >= 11 is 1.48. The standard InChI is InChI=1S/C14H19NO3S2/c1-9-3-4-10(2)15(9)14(16)13-7-11-8-20(17,18)6-5-12(11)19-13/h7,9-10H,3-6,8H2,1-2H3/t9-,10-/m1/s1. The zero-order chi connectivity index (χ0) is 14.5. The van der Waals surface area contributed by atoms with Crippen molar-refractivity contribution in [3.05, 3.63) is 21.4 Å². The van der Waals surface area contributed by atoms with Crippen molar-refractivity contribution < 1.29 is 13.2 Å². The molecular weight excluding hydrogens is 294 g/mol. The van der Waals surface area contributed by atoms with Crippen LogP contribution in [0.3, 0.4) is 0 Å². The molecule has 1 saturated heterocycles. The SMILES string of the molecule is C[C@@H]1CC[C@@H](C)N1C(=O)c1cc2c(s1)CCS(=O)(=O)C2. The van der Waals surface area contributed by atoms with Crippen molar-refractivity contribution >= 4 is 27.1 Å². The lowest BCUT2D eigenvalue weighted by Crippen LogP contribution is -2.38. The molecule has 1 aromatic rings. The van der Waals surface area contributed by atoms with Gasteiger partial charge in [-0.3, -0.25) is 4.79 Å². The van der Waals surface area contributed by atoms with Crippen LogP contribution >= 0.6 is 11.3 Å². The predicted molar refractivity (Wildman–Crippen MR) is 79.8 cm³/mol. The summed E-state index contributed by atoms with van der Waals surface area (Å²) in [5.74, 6) is 0.376. The summed E-state index contributed by atoms with van der Waals surface area (Å²) in [5.41, 5.74) is 0.837. The molecule has 1 fully saturated rings. The molecular formula is C14H19NO3S2. The Kier molecular flexibility index (Phi) is 3.41. The molecule has 110 valence electrons. The van der Waals surface area contributed by atoms with E-state index in [4.69, 9.17) is 0 Å². The number of hydrogen-bond donors (Lipinski definition) is 0. The van der Waals surface area contributed by atoms with E-state index in [9.17, 15) is 13.2 Å². The highest BCUT2D eigenvalue weighted by Crippen LogP contribution is 2.32. The van der Waals surface area contributed by atoms with E-state index < -0.39 is 9.84 Å². The van der Waals surface area contributed by atoms with Crippen LogP contribution in [0.1, 0.15) is 46.8 Å². The van der Waals surface area contributed by atoms with Crippen molar-refractivity contribution in [1.29, 1.82) is 0 Å². The molecule has 2 atom stereocenters. The Bertz CT molecular complexity index is 637. The minimum Gasteiger partial charge on any atom is -0.333 e. The van der Waals surface area contributed by atoms with Gasteiger partial charge < -0.3 is 4.90 Å². The predicted octanol–water partition coefficient (Wildman–Crippen LogP) is 2.23. The lowest BCUT2D eigenvalue weighted by Gasteiger charge is -2.25. The summed E-state index contributed by atoms with van der Waals surface area (Å²) in [6.45, 7) is 4.17. The molecule has 4 nitrogen and oxygen atoms in total. The Morgan fingerprint density at radius 2 is 1.95 bits per heavy atom. The minimum absolute atomic E-state index is 0.0688. The number of hydrogen-bond acceptors (Lipinski definition) is 4. The number of nitrogens with zero attached hydrogens (tertiary/aromatic N) is 1. The number of amides is 1. The zero-order valence-electron chi connectivity index (χ0n) is 11.8. The number of rotatable bonds is 1. The molecule has 2 aliphatic heterocycles. The molecule has 1 aromatic heterocycles. The number of aryl methyl sites for hydroxylation is 1. The summed E-state index contributed by atoms with van der Waals surface area (Å²) in [6, 6.07) is 2.36. The van der Waals surface area contributed by atoms with Crippen molar-refractivity contribution in [2.24, 2.45) is 0 Å². The Labute approximate surface area is 123 Å². The van der Waals surface area contributed by atoms with Crippen LogP contribution in [0.25, 0.3) is 0 Å². The Balaban J connectivity index is 1.89. The maximum atomic E-state index is 12.6. The number of sulfone groups is 1. The molecule has 0 unspecified atom stereocenters. The lowest BCUT2D eigenvalue weighted by molar-refractivity contribution is 0.0698. The van der Waals surface area contributed by atoms with Gasteiger partial charge in [0.25, 0.3) is 5.91 Å². The topological polar surface area (TPSA) is 54.5 Å². The van der Waals surface area contributed by atoms with Gasteiger partial charge in [-0.1, -0.05) is 0 Å². The number of likely N-dealkylation sites (tertiary alicyclic amines) is 1. The average molecular weight is 313 g/mol. The van der Waals surface area contributed by atoms with Gasteiger partial charge in [0, 0.05) is 17.0 Å². The first-order chi connectivity index (χ1) is 9.37. The maximum absolute atomic E-state index is 12.6. The van der Waals surface area contributed by atoms with Gasteiger partial charge in [0.05, 0.1) is 16.4 Å². The van der Waals surface area contributed by atoms with Crippen LogP contribution in [-0.2, 0) is 22.0 Å². The molecule has 20 heavy (non-hydrogen) atoms. The maximum Gasteiger partial charge on any atom is 0.264 e. The molecule has 2 aliphatic rings. The highest BCUT2D eigenvalue weighted by atomic mass is 32.2. The third-order valence-corrected chi connectivity index (χ3v) is 7.11. The molecule has 0 saturated carbocycles.